The Morgan fingerprint density at radius 1 is 1.11 bits per heavy atom. The van der Waals surface area contributed by atoms with Crippen molar-refractivity contribution >= 4 is 29.5 Å². The van der Waals surface area contributed by atoms with E-state index >= 15 is 0 Å². The maximum Gasteiger partial charge on any atom is 0.339 e. The van der Waals surface area contributed by atoms with Crippen LogP contribution < -0.4 is 10.6 Å². The average Bonchev–Trinajstić information content (AvgIpc) is 2.64. The quantitative estimate of drug-likeness (QED) is 0.337. The van der Waals surface area contributed by atoms with Crippen molar-refractivity contribution in [2.75, 3.05) is 32.6 Å². The molecule has 2 amide bonds. The van der Waals surface area contributed by atoms with E-state index in [2.05, 4.69) is 10.6 Å². The van der Waals surface area contributed by atoms with Gasteiger partial charge in [0, 0.05) is 24.6 Å². The number of ether oxygens (including phenoxy) is 2. The number of methoxy groups -OCH3 is 1. The highest BCUT2D eigenvalue weighted by Gasteiger charge is 2.17. The predicted octanol–water partition coefficient (Wildman–Crippen LogP) is 1.86. The monoisotopic (exact) mass is 396 g/mol. The molecule has 0 aliphatic carbocycles. The Hall–Kier alpha value is -2.06. The second kappa shape index (κ2) is 12.3. The third-order valence-corrected chi connectivity index (χ3v) is 4.89. The standard InChI is InChI=1S/C19H28N2O5S/c1-13(2)14(3)21-17(22)11-26-19(24)15-7-5-6-8-16(15)27-12-18(23)20-9-10-25-4/h5-8,13-14H,9-12H2,1-4H3,(H,20,23)(H,21,22). The minimum atomic E-state index is -0.592. The Balaban J connectivity index is 2.55. The van der Waals surface area contributed by atoms with Crippen molar-refractivity contribution in [1.82, 2.24) is 10.6 Å². The molecule has 0 aliphatic rings. The summed E-state index contributed by atoms with van der Waals surface area (Å²) >= 11 is 1.24. The molecular weight excluding hydrogens is 368 g/mol. The lowest BCUT2D eigenvalue weighted by molar-refractivity contribution is -0.125. The molecule has 8 heteroatoms. The molecule has 150 valence electrons. The van der Waals surface area contributed by atoms with E-state index in [0.29, 0.717) is 23.6 Å². The van der Waals surface area contributed by atoms with Crippen LogP contribution >= 0.6 is 11.8 Å². The number of benzene rings is 1. The Labute approximate surface area is 164 Å². The largest absolute Gasteiger partial charge is 0.452 e. The number of nitrogens with one attached hydrogen (secondary N) is 2. The number of thioether (sulfide) groups is 1. The minimum absolute atomic E-state index is 0.00401. The minimum Gasteiger partial charge on any atom is -0.452 e. The van der Waals surface area contributed by atoms with E-state index in [-0.39, 0.29) is 36.1 Å². The van der Waals surface area contributed by atoms with Gasteiger partial charge in [-0.2, -0.15) is 0 Å². The molecule has 1 aromatic carbocycles. The molecular formula is C19H28N2O5S. The van der Waals surface area contributed by atoms with E-state index in [1.807, 2.05) is 20.8 Å². The second-order valence-electron chi connectivity index (χ2n) is 6.30. The van der Waals surface area contributed by atoms with Crippen LogP contribution in [0.25, 0.3) is 0 Å². The fourth-order valence-electron chi connectivity index (χ4n) is 1.92. The molecule has 2 N–H and O–H groups in total. The summed E-state index contributed by atoms with van der Waals surface area (Å²) in [5.74, 6) is -0.628. The molecule has 0 saturated carbocycles. The average molecular weight is 397 g/mol. The highest BCUT2D eigenvalue weighted by Crippen LogP contribution is 2.23. The summed E-state index contributed by atoms with van der Waals surface area (Å²) in [6.07, 6.45) is 0. The van der Waals surface area contributed by atoms with E-state index in [1.165, 1.54) is 11.8 Å². The Kier molecular flexibility index (Phi) is 10.5. The molecule has 1 unspecified atom stereocenters. The maximum atomic E-state index is 12.3. The van der Waals surface area contributed by atoms with Gasteiger partial charge in [-0.3, -0.25) is 9.59 Å². The van der Waals surface area contributed by atoms with Crippen molar-refractivity contribution in [2.24, 2.45) is 5.92 Å². The van der Waals surface area contributed by atoms with Gasteiger partial charge in [0.15, 0.2) is 6.61 Å². The maximum absolute atomic E-state index is 12.3. The zero-order valence-electron chi connectivity index (χ0n) is 16.2. The number of carbonyl (C=O) groups excluding carboxylic acids is 3. The van der Waals surface area contributed by atoms with Crippen molar-refractivity contribution in [3.63, 3.8) is 0 Å². The lowest BCUT2D eigenvalue weighted by Crippen LogP contribution is -2.38. The summed E-state index contributed by atoms with van der Waals surface area (Å²) in [6, 6.07) is 6.84. The van der Waals surface area contributed by atoms with E-state index in [0.717, 1.165) is 0 Å². The van der Waals surface area contributed by atoms with Crippen LogP contribution in [0, 0.1) is 5.92 Å². The number of rotatable bonds is 11. The Bertz CT molecular complexity index is 636. The van der Waals surface area contributed by atoms with Crippen LogP contribution in [0.5, 0.6) is 0 Å². The molecule has 0 aliphatic heterocycles. The van der Waals surface area contributed by atoms with Crippen LogP contribution in [0.15, 0.2) is 29.2 Å². The van der Waals surface area contributed by atoms with Crippen LogP contribution in [-0.2, 0) is 19.1 Å². The summed E-state index contributed by atoms with van der Waals surface area (Å²) in [5.41, 5.74) is 0.330. The summed E-state index contributed by atoms with van der Waals surface area (Å²) in [7, 11) is 1.56. The molecule has 0 saturated heterocycles. The summed E-state index contributed by atoms with van der Waals surface area (Å²) in [5, 5.41) is 5.50. The molecule has 0 bridgehead atoms. The van der Waals surface area contributed by atoms with Gasteiger partial charge in [-0.05, 0) is 25.0 Å². The van der Waals surface area contributed by atoms with Crippen LogP contribution in [0.3, 0.4) is 0 Å². The van der Waals surface area contributed by atoms with Crippen molar-refractivity contribution in [2.45, 2.75) is 31.7 Å². The second-order valence-corrected chi connectivity index (χ2v) is 7.32. The SMILES string of the molecule is COCCNC(=O)CSc1ccccc1C(=O)OCC(=O)NC(C)C(C)C. The zero-order chi connectivity index (χ0) is 20.2. The van der Waals surface area contributed by atoms with Crippen LogP contribution in [-0.4, -0.2) is 56.4 Å². The molecule has 0 radical (unpaired) electrons. The smallest absolute Gasteiger partial charge is 0.339 e. The first-order valence-electron chi connectivity index (χ1n) is 8.79. The Morgan fingerprint density at radius 2 is 1.81 bits per heavy atom. The topological polar surface area (TPSA) is 93.7 Å². The number of esters is 1. The van der Waals surface area contributed by atoms with Crippen LogP contribution in [0.2, 0.25) is 0 Å². The number of hydrogen-bond acceptors (Lipinski definition) is 6. The van der Waals surface area contributed by atoms with E-state index < -0.39 is 5.97 Å². The van der Waals surface area contributed by atoms with Gasteiger partial charge in [0.25, 0.3) is 5.91 Å². The first-order valence-corrected chi connectivity index (χ1v) is 9.77. The van der Waals surface area contributed by atoms with E-state index in [4.69, 9.17) is 9.47 Å². The summed E-state index contributed by atoms with van der Waals surface area (Å²) in [4.78, 5) is 36.6. The summed E-state index contributed by atoms with van der Waals surface area (Å²) < 4.78 is 9.99. The van der Waals surface area contributed by atoms with Gasteiger partial charge in [-0.15, -0.1) is 11.8 Å². The van der Waals surface area contributed by atoms with Gasteiger partial charge in [0.05, 0.1) is 17.9 Å². The van der Waals surface area contributed by atoms with Crippen molar-refractivity contribution in [1.29, 1.82) is 0 Å². The lowest BCUT2D eigenvalue weighted by atomic mass is 10.1. The van der Waals surface area contributed by atoms with Crippen LogP contribution in [0.1, 0.15) is 31.1 Å². The van der Waals surface area contributed by atoms with Gasteiger partial charge in [-0.1, -0.05) is 26.0 Å². The van der Waals surface area contributed by atoms with Gasteiger partial charge in [-0.25, -0.2) is 4.79 Å². The highest BCUT2D eigenvalue weighted by atomic mass is 32.2. The molecule has 27 heavy (non-hydrogen) atoms. The van der Waals surface area contributed by atoms with Crippen molar-refractivity contribution < 1.29 is 23.9 Å². The fourth-order valence-corrected chi connectivity index (χ4v) is 2.79. The third-order valence-electron chi connectivity index (χ3n) is 3.82. The first-order chi connectivity index (χ1) is 12.8. The van der Waals surface area contributed by atoms with E-state index in [9.17, 15) is 14.4 Å². The molecule has 1 atom stereocenters. The lowest BCUT2D eigenvalue weighted by Gasteiger charge is -2.17. The molecule has 0 heterocycles. The molecule has 0 fully saturated rings. The third kappa shape index (κ3) is 8.92. The Morgan fingerprint density at radius 3 is 2.48 bits per heavy atom. The van der Waals surface area contributed by atoms with Crippen LogP contribution in [0.4, 0.5) is 0 Å². The highest BCUT2D eigenvalue weighted by molar-refractivity contribution is 8.00. The zero-order valence-corrected chi connectivity index (χ0v) is 17.1. The number of amides is 2. The van der Waals surface area contributed by atoms with Gasteiger partial charge < -0.3 is 20.1 Å². The predicted molar refractivity (Wildman–Crippen MR) is 105 cm³/mol. The first kappa shape index (κ1) is 23.0. The number of hydrogen-bond donors (Lipinski definition) is 2. The molecule has 0 aromatic heterocycles. The number of carbonyl (C=O) groups is 3. The summed E-state index contributed by atoms with van der Waals surface area (Å²) in [6.45, 7) is 6.42. The van der Waals surface area contributed by atoms with Crippen molar-refractivity contribution in [3.8, 4) is 0 Å². The molecule has 1 rings (SSSR count). The van der Waals surface area contributed by atoms with Crippen molar-refractivity contribution in [3.05, 3.63) is 29.8 Å². The van der Waals surface area contributed by atoms with Gasteiger partial charge in [0.2, 0.25) is 5.91 Å². The normalized spacial score (nSPS) is 11.7. The molecule has 0 spiro atoms. The van der Waals surface area contributed by atoms with E-state index in [1.54, 1.807) is 31.4 Å². The molecule has 7 nitrogen and oxygen atoms in total. The van der Waals surface area contributed by atoms with Gasteiger partial charge in [0.1, 0.15) is 0 Å². The van der Waals surface area contributed by atoms with Gasteiger partial charge >= 0.3 is 5.97 Å². The fraction of sp³-hybridized carbons (Fsp3) is 0.526. The molecule has 1 aromatic rings.